The van der Waals surface area contributed by atoms with E-state index in [9.17, 15) is 10.2 Å². The van der Waals surface area contributed by atoms with Gasteiger partial charge in [-0.2, -0.15) is 0 Å². The predicted molar refractivity (Wildman–Crippen MR) is 106 cm³/mol. The van der Waals surface area contributed by atoms with Crippen LogP contribution in [0, 0.1) is 16.2 Å². The van der Waals surface area contributed by atoms with Crippen LogP contribution < -0.4 is 0 Å². The number of hydrogen-bond acceptors (Lipinski definition) is 2. The summed E-state index contributed by atoms with van der Waals surface area (Å²) >= 11 is 6.09. The van der Waals surface area contributed by atoms with E-state index in [4.69, 9.17) is 11.6 Å². The Morgan fingerprint density at radius 2 is 1.76 bits per heavy atom. The second kappa shape index (κ2) is 7.07. The smallest absolute Gasteiger partial charge is 0.157 e. The molecular formula is C22H31ClO2. The Morgan fingerprint density at radius 1 is 1.08 bits per heavy atom. The largest absolute Gasteiger partial charge is 0.504 e. The summed E-state index contributed by atoms with van der Waals surface area (Å²) in [5.41, 5.74) is 1.43. The first-order valence-corrected chi connectivity index (χ1v) is 9.38. The molecule has 0 fully saturated rings. The Balaban J connectivity index is 2.02. The van der Waals surface area contributed by atoms with Crippen molar-refractivity contribution in [3.8, 4) is 11.5 Å². The molecule has 0 bridgehead atoms. The average Bonchev–Trinajstić information content (AvgIpc) is 2.52. The standard InChI is InChI=1S/C22H31ClO2/c1-20(2,15-16-6-7-18(24)19(25)14-16)12-13-21(3,4)22(5)10-8-17(23)9-11-22/h6-10,14,24-25H,11-13,15H2,1-5H3. The molecule has 2 nitrogen and oxygen atoms in total. The van der Waals surface area contributed by atoms with Gasteiger partial charge in [-0.25, -0.2) is 0 Å². The van der Waals surface area contributed by atoms with E-state index in [2.05, 4.69) is 46.8 Å². The van der Waals surface area contributed by atoms with Crippen LogP contribution in [-0.2, 0) is 6.42 Å². The predicted octanol–water partition coefficient (Wildman–Crippen LogP) is 6.56. The van der Waals surface area contributed by atoms with Gasteiger partial charge < -0.3 is 10.2 Å². The summed E-state index contributed by atoms with van der Waals surface area (Å²) in [4.78, 5) is 0. The van der Waals surface area contributed by atoms with Gasteiger partial charge in [-0.3, -0.25) is 0 Å². The van der Waals surface area contributed by atoms with E-state index in [0.29, 0.717) is 0 Å². The van der Waals surface area contributed by atoms with Gasteiger partial charge in [0.25, 0.3) is 0 Å². The van der Waals surface area contributed by atoms with Crippen LogP contribution in [0.15, 0.2) is 41.5 Å². The van der Waals surface area contributed by atoms with E-state index in [1.165, 1.54) is 0 Å². The Kier molecular flexibility index (Phi) is 5.63. The lowest BCUT2D eigenvalue weighted by Gasteiger charge is -2.45. The highest BCUT2D eigenvalue weighted by Gasteiger charge is 2.39. The Bertz CT molecular complexity index is 685. The monoisotopic (exact) mass is 362 g/mol. The van der Waals surface area contributed by atoms with Gasteiger partial charge in [0.15, 0.2) is 11.5 Å². The molecule has 0 heterocycles. The fourth-order valence-corrected chi connectivity index (χ4v) is 3.61. The third-order valence-corrected chi connectivity index (χ3v) is 6.31. The van der Waals surface area contributed by atoms with Crippen LogP contribution in [0.2, 0.25) is 0 Å². The highest BCUT2D eigenvalue weighted by Crippen LogP contribution is 2.50. The normalized spacial score (nSPS) is 21.3. The van der Waals surface area contributed by atoms with E-state index >= 15 is 0 Å². The first kappa shape index (κ1) is 19.9. The lowest BCUT2D eigenvalue weighted by Crippen LogP contribution is -2.35. The molecule has 0 aromatic heterocycles. The van der Waals surface area contributed by atoms with Crippen molar-refractivity contribution in [3.63, 3.8) is 0 Å². The molecule has 0 amide bonds. The van der Waals surface area contributed by atoms with E-state index < -0.39 is 0 Å². The van der Waals surface area contributed by atoms with Crippen LogP contribution in [0.25, 0.3) is 0 Å². The van der Waals surface area contributed by atoms with Crippen LogP contribution in [0.4, 0.5) is 0 Å². The van der Waals surface area contributed by atoms with Gasteiger partial charge in [0.2, 0.25) is 0 Å². The molecule has 1 atom stereocenters. The molecule has 138 valence electrons. The molecule has 0 spiro atoms. The molecule has 0 aliphatic heterocycles. The van der Waals surface area contributed by atoms with Crippen molar-refractivity contribution in [2.24, 2.45) is 16.2 Å². The molecule has 0 saturated carbocycles. The fourth-order valence-electron chi connectivity index (χ4n) is 3.47. The maximum absolute atomic E-state index is 9.71. The lowest BCUT2D eigenvalue weighted by molar-refractivity contribution is 0.109. The summed E-state index contributed by atoms with van der Waals surface area (Å²) in [5, 5.41) is 20.0. The molecule has 1 aliphatic rings. The molecule has 3 heteroatoms. The molecule has 1 aliphatic carbocycles. The van der Waals surface area contributed by atoms with E-state index in [0.717, 1.165) is 36.3 Å². The van der Waals surface area contributed by atoms with Gasteiger partial charge in [0.1, 0.15) is 0 Å². The minimum Gasteiger partial charge on any atom is -0.504 e. The zero-order chi connectivity index (χ0) is 18.9. The van der Waals surface area contributed by atoms with Crippen molar-refractivity contribution in [2.75, 3.05) is 0 Å². The minimum absolute atomic E-state index is 0.0443. The Labute approximate surface area is 157 Å². The minimum atomic E-state index is -0.0635. The quantitative estimate of drug-likeness (QED) is 0.562. The van der Waals surface area contributed by atoms with E-state index in [-0.39, 0.29) is 27.7 Å². The summed E-state index contributed by atoms with van der Waals surface area (Å²) in [6.07, 6.45) is 10.4. The van der Waals surface area contributed by atoms with Crippen molar-refractivity contribution in [1.82, 2.24) is 0 Å². The van der Waals surface area contributed by atoms with Crippen molar-refractivity contribution >= 4 is 11.6 Å². The van der Waals surface area contributed by atoms with Crippen molar-refractivity contribution in [3.05, 3.63) is 47.0 Å². The summed E-state index contributed by atoms with van der Waals surface area (Å²) < 4.78 is 0. The number of halogens is 1. The Hall–Kier alpha value is -1.41. The maximum Gasteiger partial charge on any atom is 0.157 e. The second-order valence-electron chi connectivity index (χ2n) is 9.09. The average molecular weight is 363 g/mol. The summed E-state index contributed by atoms with van der Waals surface area (Å²) in [6.45, 7) is 11.5. The maximum atomic E-state index is 9.71. The lowest BCUT2D eigenvalue weighted by atomic mass is 9.60. The van der Waals surface area contributed by atoms with Gasteiger partial charge in [-0.15, -0.1) is 0 Å². The summed E-state index contributed by atoms with van der Waals surface area (Å²) in [5.74, 6) is -0.108. The van der Waals surface area contributed by atoms with Gasteiger partial charge in [0, 0.05) is 5.03 Å². The highest BCUT2D eigenvalue weighted by atomic mass is 35.5. The van der Waals surface area contributed by atoms with Crippen LogP contribution >= 0.6 is 11.6 Å². The zero-order valence-electron chi connectivity index (χ0n) is 16.1. The molecule has 1 unspecified atom stereocenters. The number of aromatic hydroxyl groups is 2. The molecule has 2 N–H and O–H groups in total. The van der Waals surface area contributed by atoms with Crippen LogP contribution in [-0.4, -0.2) is 10.2 Å². The number of phenols is 2. The van der Waals surface area contributed by atoms with Crippen LogP contribution in [0.5, 0.6) is 11.5 Å². The number of phenolic OH excluding ortho intramolecular Hbond substituents is 2. The summed E-state index contributed by atoms with van der Waals surface area (Å²) in [6, 6.07) is 5.12. The van der Waals surface area contributed by atoms with Crippen LogP contribution in [0.1, 0.15) is 59.4 Å². The Morgan fingerprint density at radius 3 is 2.32 bits per heavy atom. The van der Waals surface area contributed by atoms with Gasteiger partial charge in [0.05, 0.1) is 0 Å². The highest BCUT2D eigenvalue weighted by molar-refractivity contribution is 6.31. The third-order valence-electron chi connectivity index (χ3n) is 6.03. The third kappa shape index (κ3) is 4.82. The summed E-state index contributed by atoms with van der Waals surface area (Å²) in [7, 11) is 0. The zero-order valence-corrected chi connectivity index (χ0v) is 16.8. The molecule has 0 radical (unpaired) electrons. The van der Waals surface area contributed by atoms with Gasteiger partial charge in [-0.1, -0.05) is 64.4 Å². The second-order valence-corrected chi connectivity index (χ2v) is 9.53. The van der Waals surface area contributed by atoms with Crippen LogP contribution in [0.3, 0.4) is 0 Å². The first-order chi connectivity index (χ1) is 11.4. The van der Waals surface area contributed by atoms with Crippen molar-refractivity contribution in [1.29, 1.82) is 0 Å². The van der Waals surface area contributed by atoms with E-state index in [1.807, 2.05) is 12.1 Å². The number of rotatable bonds is 6. The van der Waals surface area contributed by atoms with E-state index in [1.54, 1.807) is 12.1 Å². The fraction of sp³-hybridized carbons (Fsp3) is 0.545. The molecule has 2 rings (SSSR count). The SMILES string of the molecule is CC(C)(CCC(C)(C)C1(C)C=CC(Cl)=CC1)Cc1ccc(O)c(O)c1. The molecule has 25 heavy (non-hydrogen) atoms. The number of allylic oxidation sites excluding steroid dienone is 4. The van der Waals surface area contributed by atoms with Crippen molar-refractivity contribution in [2.45, 2.75) is 60.3 Å². The molecule has 1 aromatic rings. The van der Waals surface area contributed by atoms with Gasteiger partial charge in [-0.05, 0) is 65.7 Å². The molecule has 0 saturated heterocycles. The molecule has 1 aromatic carbocycles. The van der Waals surface area contributed by atoms with Gasteiger partial charge >= 0.3 is 0 Å². The number of benzene rings is 1. The number of hydrogen-bond donors (Lipinski definition) is 2. The first-order valence-electron chi connectivity index (χ1n) is 9.00. The topological polar surface area (TPSA) is 40.5 Å². The molecular weight excluding hydrogens is 332 g/mol. The van der Waals surface area contributed by atoms with Crippen molar-refractivity contribution < 1.29 is 10.2 Å².